The van der Waals surface area contributed by atoms with Gasteiger partial charge in [-0.2, -0.15) is 0 Å². The Hall–Kier alpha value is -4.92. The van der Waals surface area contributed by atoms with Crippen LogP contribution in [0.15, 0.2) is 85.1 Å². The summed E-state index contributed by atoms with van der Waals surface area (Å²) in [7, 11) is 0. The van der Waals surface area contributed by atoms with Crippen molar-refractivity contribution >= 4 is 23.3 Å². The summed E-state index contributed by atoms with van der Waals surface area (Å²) in [6, 6.07) is 18.4. The number of aromatic carboxylic acids is 1. The highest BCUT2D eigenvalue weighted by Gasteiger charge is 2.17. The second-order valence-corrected chi connectivity index (χ2v) is 8.01. The molecule has 1 heterocycles. The highest BCUT2D eigenvalue weighted by molar-refractivity contribution is 6.08. The van der Waals surface area contributed by atoms with Crippen LogP contribution in [0, 0.1) is 11.6 Å². The fourth-order valence-corrected chi connectivity index (χ4v) is 3.48. The van der Waals surface area contributed by atoms with Crippen LogP contribution in [0.1, 0.15) is 37.5 Å². The number of carboxylic acid groups (broad SMARTS) is 1. The molecule has 1 aromatic heterocycles. The highest BCUT2D eigenvalue weighted by Crippen LogP contribution is 2.21. The lowest BCUT2D eigenvalue weighted by molar-refractivity contribution is -0.115. The molecule has 0 aliphatic carbocycles. The molecular formula is C28H20F2N2O5. The van der Waals surface area contributed by atoms with Crippen LogP contribution < -0.4 is 10.1 Å². The number of amides is 1. The molecule has 4 rings (SSSR count). The van der Waals surface area contributed by atoms with E-state index in [1.807, 2.05) is 0 Å². The third-order valence-electron chi connectivity index (χ3n) is 5.36. The molecule has 186 valence electrons. The van der Waals surface area contributed by atoms with E-state index in [9.17, 15) is 28.3 Å². The molecule has 0 saturated heterocycles. The number of aromatic nitrogens is 1. The fourth-order valence-electron chi connectivity index (χ4n) is 3.48. The summed E-state index contributed by atoms with van der Waals surface area (Å²) in [4.78, 5) is 40.4. The van der Waals surface area contributed by atoms with E-state index < -0.39 is 23.5 Å². The van der Waals surface area contributed by atoms with Crippen LogP contribution in [0.3, 0.4) is 0 Å². The molecule has 0 fully saturated rings. The van der Waals surface area contributed by atoms with Crippen molar-refractivity contribution in [3.8, 4) is 5.75 Å². The molecule has 2 N–H and O–H groups in total. The van der Waals surface area contributed by atoms with Gasteiger partial charge in [0.2, 0.25) is 11.7 Å². The summed E-state index contributed by atoms with van der Waals surface area (Å²) in [5, 5.41) is 11.8. The molecule has 0 unspecified atom stereocenters. The Morgan fingerprint density at radius 2 is 1.59 bits per heavy atom. The number of nitrogens with zero attached hydrogens (tertiary/aromatic N) is 1. The highest BCUT2D eigenvalue weighted by atomic mass is 19.1. The maximum Gasteiger partial charge on any atom is 0.337 e. The van der Waals surface area contributed by atoms with Crippen LogP contribution >= 0.6 is 0 Å². The van der Waals surface area contributed by atoms with Crippen LogP contribution in [0.25, 0.3) is 0 Å². The van der Waals surface area contributed by atoms with Gasteiger partial charge in [-0.1, -0.05) is 30.3 Å². The molecule has 0 aliphatic rings. The summed E-state index contributed by atoms with van der Waals surface area (Å²) in [6.45, 7) is 0.103. The minimum Gasteiger partial charge on any atom is -0.489 e. The first-order chi connectivity index (χ1) is 17.8. The number of para-hydroxylation sites is 1. The molecular weight excluding hydrogens is 482 g/mol. The number of ether oxygens (including phenoxy) is 1. The van der Waals surface area contributed by atoms with Gasteiger partial charge in [0.05, 0.1) is 23.2 Å². The molecule has 0 spiro atoms. The fraction of sp³-hybridized carbons (Fsp3) is 0.0714. The van der Waals surface area contributed by atoms with Crippen LogP contribution in [0.4, 0.5) is 14.5 Å². The number of carbonyl (C=O) groups excluding carboxylic acids is 2. The number of carbonyl (C=O) groups is 3. The first kappa shape index (κ1) is 25.2. The molecule has 0 atom stereocenters. The third kappa shape index (κ3) is 6.40. The number of rotatable bonds is 9. The molecule has 4 aromatic rings. The number of ketones is 1. The van der Waals surface area contributed by atoms with Gasteiger partial charge in [0.15, 0.2) is 0 Å². The summed E-state index contributed by atoms with van der Waals surface area (Å²) in [5.41, 5.74) is 1.10. The number of hydrogen-bond acceptors (Lipinski definition) is 5. The first-order valence-corrected chi connectivity index (χ1v) is 11.1. The average molecular weight is 502 g/mol. The monoisotopic (exact) mass is 502 g/mol. The quantitative estimate of drug-likeness (QED) is 0.311. The van der Waals surface area contributed by atoms with Gasteiger partial charge in [-0.05, 0) is 53.6 Å². The molecule has 7 nitrogen and oxygen atoms in total. The van der Waals surface area contributed by atoms with E-state index in [0.717, 1.165) is 6.07 Å². The maximum atomic E-state index is 14.6. The van der Waals surface area contributed by atoms with Crippen molar-refractivity contribution in [2.75, 3.05) is 5.32 Å². The smallest absolute Gasteiger partial charge is 0.337 e. The molecule has 9 heteroatoms. The summed E-state index contributed by atoms with van der Waals surface area (Å²) >= 11 is 0. The van der Waals surface area contributed by atoms with E-state index >= 15 is 0 Å². The van der Waals surface area contributed by atoms with Crippen molar-refractivity contribution < 1.29 is 33.0 Å². The molecule has 0 radical (unpaired) electrons. The minimum absolute atomic E-state index is 0.0146. The molecule has 0 saturated carbocycles. The van der Waals surface area contributed by atoms with Gasteiger partial charge in [0, 0.05) is 12.3 Å². The van der Waals surface area contributed by atoms with Gasteiger partial charge in [0.1, 0.15) is 29.7 Å². The van der Waals surface area contributed by atoms with Crippen LogP contribution in [0.2, 0.25) is 0 Å². The second kappa shape index (κ2) is 11.2. The van der Waals surface area contributed by atoms with Crippen molar-refractivity contribution in [3.63, 3.8) is 0 Å². The number of anilines is 1. The number of nitrogens with one attached hydrogen (secondary N) is 1. The van der Waals surface area contributed by atoms with Gasteiger partial charge in [-0.3, -0.25) is 14.6 Å². The Labute approximate surface area is 210 Å². The van der Waals surface area contributed by atoms with E-state index in [2.05, 4.69) is 10.3 Å². The Balaban J connectivity index is 1.38. The molecule has 0 aliphatic heterocycles. The van der Waals surface area contributed by atoms with Gasteiger partial charge in [-0.15, -0.1) is 0 Å². The van der Waals surface area contributed by atoms with E-state index in [1.165, 1.54) is 54.7 Å². The maximum absolute atomic E-state index is 14.6. The lowest BCUT2D eigenvalue weighted by Crippen LogP contribution is -2.17. The lowest BCUT2D eigenvalue weighted by atomic mass is 10.1. The van der Waals surface area contributed by atoms with Crippen LogP contribution in [-0.2, 0) is 17.8 Å². The Morgan fingerprint density at radius 3 is 2.27 bits per heavy atom. The van der Waals surface area contributed by atoms with Crippen molar-refractivity contribution in [3.05, 3.63) is 125 Å². The standard InChI is InChI=1S/C28H20F2N2O5/c29-19-8-5-17(6-9-19)16-37-20-10-11-21(23(30)14-20)27(34)25-12-7-18(15-31-25)13-26(33)32-24-4-2-1-3-22(24)28(35)36/h1-12,14-15H,13,16H2,(H,32,33)(H,35,36). The minimum atomic E-state index is -1.17. The summed E-state index contributed by atoms with van der Waals surface area (Å²) in [5.74, 6) is -3.23. The van der Waals surface area contributed by atoms with Crippen molar-refractivity contribution in [1.82, 2.24) is 4.98 Å². The Bertz CT molecular complexity index is 1450. The summed E-state index contributed by atoms with van der Waals surface area (Å²) < 4.78 is 33.1. The first-order valence-electron chi connectivity index (χ1n) is 11.1. The van der Waals surface area contributed by atoms with E-state index in [1.54, 1.807) is 24.3 Å². The molecule has 1 amide bonds. The van der Waals surface area contributed by atoms with Gasteiger partial charge < -0.3 is 15.2 Å². The van der Waals surface area contributed by atoms with Crippen molar-refractivity contribution in [2.24, 2.45) is 0 Å². The molecule has 3 aromatic carbocycles. The third-order valence-corrected chi connectivity index (χ3v) is 5.36. The summed E-state index contributed by atoms with van der Waals surface area (Å²) in [6.07, 6.45) is 1.22. The zero-order chi connectivity index (χ0) is 26.4. The Morgan fingerprint density at radius 1 is 0.865 bits per heavy atom. The number of carboxylic acids is 1. The van der Waals surface area contributed by atoms with Crippen LogP contribution in [0.5, 0.6) is 5.75 Å². The second-order valence-electron chi connectivity index (χ2n) is 8.01. The molecule has 0 bridgehead atoms. The lowest BCUT2D eigenvalue weighted by Gasteiger charge is -2.09. The Kier molecular flexibility index (Phi) is 7.63. The predicted octanol–water partition coefficient (Wildman–Crippen LogP) is 5.05. The van der Waals surface area contributed by atoms with Crippen LogP contribution in [-0.4, -0.2) is 27.8 Å². The predicted molar refractivity (Wildman–Crippen MR) is 131 cm³/mol. The average Bonchev–Trinajstić information content (AvgIpc) is 2.88. The largest absolute Gasteiger partial charge is 0.489 e. The zero-order valence-corrected chi connectivity index (χ0v) is 19.3. The van der Waals surface area contributed by atoms with Crippen molar-refractivity contribution in [1.29, 1.82) is 0 Å². The van der Waals surface area contributed by atoms with E-state index in [4.69, 9.17) is 4.74 Å². The van der Waals surface area contributed by atoms with Gasteiger partial charge >= 0.3 is 5.97 Å². The number of hydrogen-bond donors (Lipinski definition) is 2. The van der Waals surface area contributed by atoms with E-state index in [0.29, 0.717) is 11.1 Å². The zero-order valence-electron chi connectivity index (χ0n) is 19.3. The number of halogens is 2. The molecule has 37 heavy (non-hydrogen) atoms. The van der Waals surface area contributed by atoms with Gasteiger partial charge in [0.25, 0.3) is 0 Å². The normalized spacial score (nSPS) is 10.5. The van der Waals surface area contributed by atoms with Crippen molar-refractivity contribution in [2.45, 2.75) is 13.0 Å². The van der Waals surface area contributed by atoms with Gasteiger partial charge in [-0.25, -0.2) is 13.6 Å². The number of pyridine rings is 1. The van der Waals surface area contributed by atoms with E-state index in [-0.39, 0.29) is 47.1 Å². The topological polar surface area (TPSA) is 106 Å². The SMILES string of the molecule is O=C(Cc1ccc(C(=O)c2ccc(OCc3ccc(F)cc3)cc2F)nc1)Nc1ccccc1C(=O)O. The number of benzene rings is 3.